The fraction of sp³-hybridized carbons (Fsp3) is 0.200. The number of rotatable bonds is 7. The van der Waals surface area contributed by atoms with E-state index in [1.165, 1.54) is 36.5 Å². The molecule has 0 saturated heterocycles. The predicted molar refractivity (Wildman–Crippen MR) is 134 cm³/mol. The first kappa shape index (κ1) is 25.5. The van der Waals surface area contributed by atoms with Crippen molar-refractivity contribution >= 4 is 36.5 Å². The van der Waals surface area contributed by atoms with Gasteiger partial charge in [-0.25, -0.2) is 26.2 Å². The average molecular weight is 530 g/mol. The maximum Gasteiger partial charge on any atom is 0.252 e. The third kappa shape index (κ3) is 5.17. The molecule has 2 aromatic heterocycles. The van der Waals surface area contributed by atoms with Crippen molar-refractivity contribution in [3.05, 3.63) is 83.9 Å². The molecule has 0 fully saturated rings. The highest BCUT2D eigenvalue weighted by atomic mass is 32.2. The number of halogens is 1. The number of carbonyl (C=O) groups is 1. The van der Waals surface area contributed by atoms with Crippen molar-refractivity contribution in [3.8, 4) is 5.69 Å². The van der Waals surface area contributed by atoms with Crippen LogP contribution < -0.4 is 5.32 Å². The van der Waals surface area contributed by atoms with Crippen LogP contribution in [0.1, 0.15) is 35.3 Å². The summed E-state index contributed by atoms with van der Waals surface area (Å²) in [6, 6.07) is 12.7. The van der Waals surface area contributed by atoms with Crippen LogP contribution in [0.4, 0.5) is 4.39 Å². The molecule has 0 spiro atoms. The van der Waals surface area contributed by atoms with Gasteiger partial charge in [-0.15, -0.1) is 0 Å². The lowest BCUT2D eigenvalue weighted by atomic mass is 10.0. The Bertz CT molecular complexity index is 1660. The van der Waals surface area contributed by atoms with Crippen LogP contribution in [0.3, 0.4) is 0 Å². The number of hydrogen-bond donors (Lipinski definition) is 1. The Balaban J connectivity index is 1.77. The molecule has 188 valence electrons. The second-order valence-corrected chi connectivity index (χ2v) is 12.5. The van der Waals surface area contributed by atoms with Crippen LogP contribution in [0, 0.1) is 5.82 Å². The molecule has 2 heterocycles. The number of carbonyl (C=O) groups excluding carboxylic acids is 1. The second-order valence-electron chi connectivity index (χ2n) is 8.47. The van der Waals surface area contributed by atoms with Crippen LogP contribution in [0.2, 0.25) is 0 Å². The van der Waals surface area contributed by atoms with Crippen LogP contribution in [-0.2, 0) is 19.7 Å². The third-order valence-electron chi connectivity index (χ3n) is 5.81. The van der Waals surface area contributed by atoms with Gasteiger partial charge in [0.15, 0.2) is 24.7 Å². The number of hydrogen-bond acceptors (Lipinski definition) is 6. The van der Waals surface area contributed by atoms with E-state index in [4.69, 9.17) is 0 Å². The largest absolute Gasteiger partial charge is 0.345 e. The van der Waals surface area contributed by atoms with Crippen LogP contribution in [0.25, 0.3) is 16.6 Å². The predicted octanol–water partition coefficient (Wildman–Crippen LogP) is 3.85. The first-order valence-corrected chi connectivity index (χ1v) is 14.7. The van der Waals surface area contributed by atoms with Gasteiger partial charge in [0.25, 0.3) is 5.91 Å². The van der Waals surface area contributed by atoms with Gasteiger partial charge in [-0.1, -0.05) is 13.0 Å². The molecule has 1 atom stereocenters. The molecular weight excluding hydrogens is 505 g/mol. The highest BCUT2D eigenvalue weighted by molar-refractivity contribution is 7.91. The van der Waals surface area contributed by atoms with Crippen molar-refractivity contribution < 1.29 is 26.0 Å². The van der Waals surface area contributed by atoms with E-state index in [1.807, 2.05) is 6.92 Å². The van der Waals surface area contributed by atoms with E-state index in [9.17, 15) is 26.0 Å². The number of nitrogens with one attached hydrogen (secondary N) is 1. The number of aromatic nitrogens is 2. The van der Waals surface area contributed by atoms with Crippen LogP contribution >= 0.6 is 0 Å². The minimum Gasteiger partial charge on any atom is -0.345 e. The Kier molecular flexibility index (Phi) is 6.72. The maximum absolute atomic E-state index is 13.4. The summed E-state index contributed by atoms with van der Waals surface area (Å²) in [6.45, 7) is 1.85. The molecule has 36 heavy (non-hydrogen) atoms. The molecule has 0 saturated carbocycles. The molecule has 1 N–H and O–H groups in total. The van der Waals surface area contributed by atoms with Crippen molar-refractivity contribution in [2.45, 2.75) is 29.3 Å². The first-order chi connectivity index (χ1) is 16.9. The molecular formula is C25H24FN3O5S2. The van der Waals surface area contributed by atoms with E-state index in [0.717, 1.165) is 12.5 Å². The number of pyridine rings is 1. The van der Waals surface area contributed by atoms with Crippen LogP contribution in [0.5, 0.6) is 0 Å². The topological polar surface area (TPSA) is 115 Å². The van der Waals surface area contributed by atoms with E-state index in [2.05, 4.69) is 10.3 Å². The summed E-state index contributed by atoms with van der Waals surface area (Å²) in [5.41, 5.74) is 1.85. The molecule has 4 rings (SSSR count). The van der Waals surface area contributed by atoms with Gasteiger partial charge in [0.05, 0.1) is 22.0 Å². The summed E-state index contributed by atoms with van der Waals surface area (Å²) in [7, 11) is -7.12. The van der Waals surface area contributed by atoms with E-state index in [0.29, 0.717) is 28.6 Å². The van der Waals surface area contributed by atoms with Gasteiger partial charge in [0.2, 0.25) is 0 Å². The van der Waals surface area contributed by atoms with Gasteiger partial charge in [0, 0.05) is 36.0 Å². The van der Waals surface area contributed by atoms with Gasteiger partial charge < -0.3 is 9.88 Å². The minimum absolute atomic E-state index is 0.0329. The number of amides is 1. The monoisotopic (exact) mass is 529 g/mol. The number of nitrogens with zero attached hydrogens (tertiary/aromatic N) is 2. The summed E-state index contributed by atoms with van der Waals surface area (Å²) in [5.74, 6) is -0.904. The first-order valence-electron chi connectivity index (χ1n) is 11.0. The van der Waals surface area contributed by atoms with E-state index >= 15 is 0 Å². The van der Waals surface area contributed by atoms with E-state index < -0.39 is 37.4 Å². The Hall–Kier alpha value is -3.57. The van der Waals surface area contributed by atoms with Crippen LogP contribution in [0.15, 0.2) is 76.9 Å². The molecule has 0 unspecified atom stereocenters. The van der Waals surface area contributed by atoms with Gasteiger partial charge in [0.1, 0.15) is 5.82 Å². The van der Waals surface area contributed by atoms with Crippen LogP contribution in [-0.4, -0.2) is 44.8 Å². The fourth-order valence-corrected chi connectivity index (χ4v) is 5.14. The molecule has 4 aromatic rings. The molecule has 0 aliphatic rings. The molecule has 0 bridgehead atoms. The minimum atomic E-state index is -3.66. The molecule has 2 aromatic carbocycles. The average Bonchev–Trinajstić information content (AvgIpc) is 3.25. The van der Waals surface area contributed by atoms with Gasteiger partial charge >= 0.3 is 0 Å². The zero-order chi connectivity index (χ0) is 26.3. The zero-order valence-corrected chi connectivity index (χ0v) is 21.4. The molecule has 0 radical (unpaired) electrons. The highest BCUT2D eigenvalue weighted by Crippen LogP contribution is 2.29. The zero-order valence-electron chi connectivity index (χ0n) is 19.8. The SMILES string of the molecule is CC[C@H](NC(=O)c1cc(S(C)(=O)=O)cc2c1ccn2-c1ccc(F)cc1)c1ccc(S(C)(=O)=O)nc1. The standard InChI is InChI=1S/C25H24FN3O5S2/c1-4-22(16-5-10-24(27-15-16)36(3,33)34)28-25(30)21-13-19(35(2,31)32)14-23-20(21)11-12-29(23)18-8-6-17(26)7-9-18/h5-15,22H,4H2,1-3H3,(H,28,30)/t22-/m0/s1. The Morgan fingerprint density at radius 3 is 2.25 bits per heavy atom. The van der Waals surface area contributed by atoms with Gasteiger partial charge in [-0.3, -0.25) is 4.79 Å². The second kappa shape index (κ2) is 9.47. The lowest BCUT2D eigenvalue weighted by molar-refractivity contribution is 0.0937. The van der Waals surface area contributed by atoms with Crippen molar-refractivity contribution in [1.82, 2.24) is 14.9 Å². The number of benzene rings is 2. The third-order valence-corrected chi connectivity index (χ3v) is 7.91. The maximum atomic E-state index is 13.4. The molecule has 8 nitrogen and oxygen atoms in total. The number of fused-ring (bicyclic) bond motifs is 1. The Morgan fingerprint density at radius 2 is 1.69 bits per heavy atom. The summed E-state index contributed by atoms with van der Waals surface area (Å²) in [6.07, 6.45) is 5.69. The van der Waals surface area contributed by atoms with Gasteiger partial charge in [-0.05, 0) is 60.5 Å². The molecule has 0 aliphatic carbocycles. The van der Waals surface area contributed by atoms with Crippen molar-refractivity contribution in [2.75, 3.05) is 12.5 Å². The van der Waals surface area contributed by atoms with Crippen molar-refractivity contribution in [1.29, 1.82) is 0 Å². The highest BCUT2D eigenvalue weighted by Gasteiger charge is 2.22. The Morgan fingerprint density at radius 1 is 1.00 bits per heavy atom. The van der Waals surface area contributed by atoms with Gasteiger partial charge in [-0.2, -0.15) is 0 Å². The smallest absolute Gasteiger partial charge is 0.252 e. The molecule has 11 heteroatoms. The summed E-state index contributed by atoms with van der Waals surface area (Å²) >= 11 is 0. The fourth-order valence-electron chi connectivity index (χ4n) is 3.92. The molecule has 1 amide bonds. The van der Waals surface area contributed by atoms with Crippen molar-refractivity contribution in [3.63, 3.8) is 0 Å². The summed E-state index contributed by atoms with van der Waals surface area (Å²) in [5, 5.41) is 3.35. The number of sulfone groups is 2. The lowest BCUT2D eigenvalue weighted by Crippen LogP contribution is -2.28. The molecule has 0 aliphatic heterocycles. The lowest BCUT2D eigenvalue weighted by Gasteiger charge is -2.18. The van der Waals surface area contributed by atoms with E-state index in [1.54, 1.807) is 35.0 Å². The normalized spacial score (nSPS) is 13.0. The summed E-state index contributed by atoms with van der Waals surface area (Å²) in [4.78, 5) is 17.4. The van der Waals surface area contributed by atoms with E-state index in [-0.39, 0.29) is 15.5 Å². The van der Waals surface area contributed by atoms with Crippen molar-refractivity contribution in [2.24, 2.45) is 0 Å². The quantitative estimate of drug-likeness (QED) is 0.389. The summed E-state index contributed by atoms with van der Waals surface area (Å²) < 4.78 is 63.4. The Labute approximate surface area is 208 Å².